The van der Waals surface area contributed by atoms with E-state index in [-0.39, 0.29) is 17.4 Å². The van der Waals surface area contributed by atoms with Gasteiger partial charge in [0.1, 0.15) is 5.75 Å². The lowest BCUT2D eigenvalue weighted by Gasteiger charge is -2.23. The van der Waals surface area contributed by atoms with E-state index in [1.807, 2.05) is 24.3 Å². The van der Waals surface area contributed by atoms with Crippen LogP contribution in [-0.4, -0.2) is 34.9 Å². The first-order valence-electron chi connectivity index (χ1n) is 7.76. The fourth-order valence-corrected chi connectivity index (χ4v) is 3.64. The van der Waals surface area contributed by atoms with Crippen molar-refractivity contribution in [3.8, 4) is 5.75 Å². The molecule has 0 radical (unpaired) electrons. The fourth-order valence-electron chi connectivity index (χ4n) is 2.58. The molecular formula is C17H19N3O3S. The van der Waals surface area contributed by atoms with Crippen molar-refractivity contribution >= 4 is 17.7 Å². The molecule has 1 aromatic heterocycles. The number of nitrogens with one attached hydrogen (secondary N) is 1. The monoisotopic (exact) mass is 345 g/mol. The number of carbonyl (C=O) groups is 1. The van der Waals surface area contributed by atoms with Crippen LogP contribution in [0.1, 0.15) is 5.56 Å². The summed E-state index contributed by atoms with van der Waals surface area (Å²) in [6, 6.07) is 9.22. The van der Waals surface area contributed by atoms with Crippen molar-refractivity contribution in [1.29, 1.82) is 0 Å². The molecule has 0 saturated heterocycles. The van der Waals surface area contributed by atoms with Gasteiger partial charge < -0.3 is 10.1 Å². The Balaban J connectivity index is 1.52. The van der Waals surface area contributed by atoms with E-state index in [4.69, 9.17) is 4.74 Å². The van der Waals surface area contributed by atoms with Crippen LogP contribution in [0.25, 0.3) is 0 Å². The van der Waals surface area contributed by atoms with Gasteiger partial charge in [-0.25, -0.2) is 4.98 Å². The van der Waals surface area contributed by atoms with Crippen LogP contribution in [0.15, 0.2) is 46.5 Å². The van der Waals surface area contributed by atoms with Crippen LogP contribution < -0.4 is 15.6 Å². The Bertz CT molecular complexity index is 773. The third-order valence-electron chi connectivity index (χ3n) is 3.96. The van der Waals surface area contributed by atoms with Gasteiger partial charge in [0.05, 0.1) is 13.0 Å². The van der Waals surface area contributed by atoms with Crippen molar-refractivity contribution in [3.05, 3.63) is 52.4 Å². The first-order valence-corrected chi connectivity index (χ1v) is 8.75. The van der Waals surface area contributed by atoms with Gasteiger partial charge >= 0.3 is 0 Å². The van der Waals surface area contributed by atoms with E-state index in [9.17, 15) is 9.59 Å². The Morgan fingerprint density at radius 3 is 2.92 bits per heavy atom. The van der Waals surface area contributed by atoms with Crippen LogP contribution in [0.2, 0.25) is 0 Å². The molecule has 3 rings (SSSR count). The molecule has 1 atom stereocenters. The second-order valence-corrected chi connectivity index (χ2v) is 6.56. The zero-order valence-corrected chi connectivity index (χ0v) is 14.2. The predicted octanol–water partition coefficient (Wildman–Crippen LogP) is 1.33. The molecule has 1 N–H and O–H groups in total. The average molecular weight is 345 g/mol. The number of fused-ring (bicyclic) bond motifs is 1. The van der Waals surface area contributed by atoms with E-state index in [0.29, 0.717) is 24.0 Å². The summed E-state index contributed by atoms with van der Waals surface area (Å²) in [4.78, 5) is 28.4. The molecule has 2 heterocycles. The summed E-state index contributed by atoms with van der Waals surface area (Å²) in [7, 11) is 1.64. The van der Waals surface area contributed by atoms with Gasteiger partial charge in [-0.15, -0.1) is 0 Å². The number of carbonyl (C=O) groups excluding carboxylic acids is 1. The van der Waals surface area contributed by atoms with Gasteiger partial charge in [0.15, 0.2) is 5.16 Å². The smallest absolute Gasteiger partial charge is 0.254 e. The van der Waals surface area contributed by atoms with E-state index in [2.05, 4.69) is 10.3 Å². The SMILES string of the molecule is COc1ccc(CCNC(=O)C2CSc3nccc(=O)n3C2)cc1. The highest BCUT2D eigenvalue weighted by molar-refractivity contribution is 7.99. The number of ether oxygens (including phenoxy) is 1. The molecule has 0 fully saturated rings. The summed E-state index contributed by atoms with van der Waals surface area (Å²) in [6.07, 6.45) is 2.27. The summed E-state index contributed by atoms with van der Waals surface area (Å²) in [5.74, 6) is 1.24. The maximum absolute atomic E-state index is 12.3. The summed E-state index contributed by atoms with van der Waals surface area (Å²) in [5, 5.41) is 3.65. The van der Waals surface area contributed by atoms with Crippen molar-refractivity contribution in [2.75, 3.05) is 19.4 Å². The number of amides is 1. The molecule has 0 saturated carbocycles. The summed E-state index contributed by atoms with van der Waals surface area (Å²) >= 11 is 1.45. The Morgan fingerprint density at radius 2 is 2.17 bits per heavy atom. The van der Waals surface area contributed by atoms with Crippen molar-refractivity contribution in [3.63, 3.8) is 0 Å². The van der Waals surface area contributed by atoms with Crippen LogP contribution in [-0.2, 0) is 17.8 Å². The Labute approximate surface area is 144 Å². The number of benzene rings is 1. The van der Waals surface area contributed by atoms with Gasteiger partial charge in [-0.1, -0.05) is 23.9 Å². The largest absolute Gasteiger partial charge is 0.497 e. The van der Waals surface area contributed by atoms with Crippen molar-refractivity contribution in [1.82, 2.24) is 14.9 Å². The molecule has 2 aromatic rings. The molecule has 1 amide bonds. The second-order valence-electron chi connectivity index (χ2n) is 5.57. The van der Waals surface area contributed by atoms with Gasteiger partial charge in [-0.3, -0.25) is 14.2 Å². The summed E-state index contributed by atoms with van der Waals surface area (Å²) in [6.45, 7) is 0.963. The zero-order valence-electron chi connectivity index (χ0n) is 13.4. The topological polar surface area (TPSA) is 73.2 Å². The lowest BCUT2D eigenvalue weighted by atomic mass is 10.1. The molecular weight excluding hydrogens is 326 g/mol. The molecule has 24 heavy (non-hydrogen) atoms. The lowest BCUT2D eigenvalue weighted by molar-refractivity contribution is -0.124. The third-order valence-corrected chi connectivity index (χ3v) is 5.11. The molecule has 1 unspecified atom stereocenters. The maximum Gasteiger partial charge on any atom is 0.254 e. The van der Waals surface area contributed by atoms with Crippen molar-refractivity contribution < 1.29 is 9.53 Å². The van der Waals surface area contributed by atoms with E-state index in [1.165, 1.54) is 24.0 Å². The molecule has 1 aliphatic heterocycles. The number of hydrogen-bond acceptors (Lipinski definition) is 5. The van der Waals surface area contributed by atoms with Crippen LogP contribution in [0, 0.1) is 5.92 Å². The lowest BCUT2D eigenvalue weighted by Crippen LogP contribution is -2.40. The highest BCUT2D eigenvalue weighted by Crippen LogP contribution is 2.24. The fraction of sp³-hybridized carbons (Fsp3) is 0.353. The van der Waals surface area contributed by atoms with Gasteiger partial charge in [-0.05, 0) is 24.1 Å². The second kappa shape index (κ2) is 7.53. The Hall–Kier alpha value is -2.28. The molecule has 0 spiro atoms. The summed E-state index contributed by atoms with van der Waals surface area (Å²) < 4.78 is 6.70. The van der Waals surface area contributed by atoms with Crippen molar-refractivity contribution in [2.24, 2.45) is 5.92 Å². The molecule has 7 heteroatoms. The molecule has 1 aliphatic rings. The maximum atomic E-state index is 12.3. The number of methoxy groups -OCH3 is 1. The van der Waals surface area contributed by atoms with Gasteiger partial charge in [0.2, 0.25) is 5.91 Å². The first-order chi connectivity index (χ1) is 11.7. The van der Waals surface area contributed by atoms with Crippen LogP contribution in [0.5, 0.6) is 5.75 Å². The number of thioether (sulfide) groups is 1. The predicted molar refractivity (Wildman–Crippen MR) is 92.4 cm³/mol. The molecule has 126 valence electrons. The third kappa shape index (κ3) is 3.79. The molecule has 0 bridgehead atoms. The number of nitrogens with zero attached hydrogens (tertiary/aromatic N) is 2. The van der Waals surface area contributed by atoms with Crippen LogP contribution in [0.3, 0.4) is 0 Å². The van der Waals surface area contributed by atoms with Crippen LogP contribution in [0.4, 0.5) is 0 Å². The normalized spacial score (nSPS) is 16.3. The number of hydrogen-bond donors (Lipinski definition) is 1. The number of aromatic nitrogens is 2. The van der Waals surface area contributed by atoms with E-state index in [1.54, 1.807) is 11.7 Å². The Kier molecular flexibility index (Phi) is 5.20. The number of rotatable bonds is 5. The molecule has 1 aromatic carbocycles. The minimum Gasteiger partial charge on any atom is -0.497 e. The van der Waals surface area contributed by atoms with E-state index >= 15 is 0 Å². The van der Waals surface area contributed by atoms with Crippen molar-refractivity contribution in [2.45, 2.75) is 18.1 Å². The highest BCUT2D eigenvalue weighted by Gasteiger charge is 2.26. The summed E-state index contributed by atoms with van der Waals surface area (Å²) in [5.41, 5.74) is 1.03. The van der Waals surface area contributed by atoms with Crippen LogP contribution >= 0.6 is 11.8 Å². The molecule has 0 aliphatic carbocycles. The van der Waals surface area contributed by atoms with Gasteiger partial charge in [0, 0.05) is 31.1 Å². The first kappa shape index (κ1) is 16.6. The van der Waals surface area contributed by atoms with Gasteiger partial charge in [-0.2, -0.15) is 0 Å². The zero-order chi connectivity index (χ0) is 16.9. The minimum absolute atomic E-state index is 0.0163. The van der Waals surface area contributed by atoms with E-state index in [0.717, 1.165) is 17.7 Å². The molecule has 6 nitrogen and oxygen atoms in total. The van der Waals surface area contributed by atoms with Gasteiger partial charge in [0.25, 0.3) is 5.56 Å². The minimum atomic E-state index is -0.208. The Morgan fingerprint density at radius 1 is 1.38 bits per heavy atom. The average Bonchev–Trinajstić information content (AvgIpc) is 2.62. The van der Waals surface area contributed by atoms with E-state index < -0.39 is 0 Å². The standard InChI is InChI=1S/C17H19N3O3S/c1-23-14-4-2-12(3-5-14)6-8-18-16(22)13-10-20-15(21)7-9-19-17(20)24-11-13/h2-5,7,9,13H,6,8,10-11H2,1H3,(H,18,22). The highest BCUT2D eigenvalue weighted by atomic mass is 32.2. The quantitative estimate of drug-likeness (QED) is 0.828.